The standard InChI is InChI=1S/C15H19NO5/c1-20-8-3-9-21-12-5-2-4-11(10-12)16-13(17)15(6-7-15)14(18)19/h2,4-5,10H,3,6-9H2,1H3,(H,16,17)(H,18,19). The molecule has 1 amide bonds. The van der Waals surface area contributed by atoms with Gasteiger partial charge in [0.1, 0.15) is 11.2 Å². The van der Waals surface area contributed by atoms with Crippen LogP contribution in [-0.4, -0.2) is 37.3 Å². The number of ether oxygens (including phenoxy) is 2. The highest BCUT2D eigenvalue weighted by atomic mass is 16.5. The van der Waals surface area contributed by atoms with E-state index in [1.165, 1.54) is 0 Å². The van der Waals surface area contributed by atoms with Crippen LogP contribution in [-0.2, 0) is 14.3 Å². The van der Waals surface area contributed by atoms with Gasteiger partial charge < -0.3 is 19.9 Å². The first-order chi connectivity index (χ1) is 10.1. The Hall–Kier alpha value is -2.08. The lowest BCUT2D eigenvalue weighted by atomic mass is 10.1. The van der Waals surface area contributed by atoms with Crippen molar-refractivity contribution in [3.8, 4) is 5.75 Å². The van der Waals surface area contributed by atoms with E-state index < -0.39 is 17.3 Å². The Labute approximate surface area is 123 Å². The van der Waals surface area contributed by atoms with Gasteiger partial charge in [-0.3, -0.25) is 9.59 Å². The molecular formula is C15H19NO5. The molecule has 0 aromatic heterocycles. The van der Waals surface area contributed by atoms with Crippen molar-refractivity contribution in [3.63, 3.8) is 0 Å². The van der Waals surface area contributed by atoms with Gasteiger partial charge in [0, 0.05) is 31.9 Å². The normalized spacial score (nSPS) is 15.3. The van der Waals surface area contributed by atoms with E-state index in [0.29, 0.717) is 37.5 Å². The topological polar surface area (TPSA) is 84.9 Å². The molecule has 1 aliphatic carbocycles. The number of anilines is 1. The van der Waals surface area contributed by atoms with Crippen molar-refractivity contribution in [1.82, 2.24) is 0 Å². The number of rotatable bonds is 8. The van der Waals surface area contributed by atoms with Gasteiger partial charge in [0.2, 0.25) is 5.91 Å². The van der Waals surface area contributed by atoms with E-state index in [4.69, 9.17) is 14.6 Å². The summed E-state index contributed by atoms with van der Waals surface area (Å²) in [6.45, 7) is 1.14. The van der Waals surface area contributed by atoms with Crippen LogP contribution in [0, 0.1) is 5.41 Å². The van der Waals surface area contributed by atoms with Gasteiger partial charge in [0.25, 0.3) is 0 Å². The molecule has 114 valence electrons. The van der Waals surface area contributed by atoms with Crippen molar-refractivity contribution in [2.45, 2.75) is 19.3 Å². The fraction of sp³-hybridized carbons (Fsp3) is 0.467. The minimum atomic E-state index is -1.24. The Balaban J connectivity index is 1.92. The molecule has 0 atom stereocenters. The molecule has 1 aliphatic rings. The third kappa shape index (κ3) is 3.72. The number of hydrogen-bond donors (Lipinski definition) is 2. The number of aliphatic carboxylic acids is 1. The molecule has 0 saturated heterocycles. The van der Waals surface area contributed by atoms with Gasteiger partial charge in [-0.1, -0.05) is 6.07 Å². The van der Waals surface area contributed by atoms with Gasteiger partial charge in [0.05, 0.1) is 6.61 Å². The van der Waals surface area contributed by atoms with Crippen LogP contribution in [0.4, 0.5) is 5.69 Å². The van der Waals surface area contributed by atoms with Gasteiger partial charge in [-0.25, -0.2) is 0 Å². The maximum absolute atomic E-state index is 12.0. The van der Waals surface area contributed by atoms with Crippen LogP contribution < -0.4 is 10.1 Å². The van der Waals surface area contributed by atoms with E-state index in [-0.39, 0.29) is 0 Å². The van der Waals surface area contributed by atoms with E-state index in [2.05, 4.69) is 5.32 Å². The van der Waals surface area contributed by atoms with Crippen LogP contribution in [0.25, 0.3) is 0 Å². The molecule has 6 nitrogen and oxygen atoms in total. The summed E-state index contributed by atoms with van der Waals surface area (Å²) in [4.78, 5) is 23.1. The summed E-state index contributed by atoms with van der Waals surface area (Å²) in [6.07, 6.45) is 1.55. The predicted molar refractivity (Wildman–Crippen MR) is 76.4 cm³/mol. The van der Waals surface area contributed by atoms with Crippen molar-refractivity contribution in [2.75, 3.05) is 25.6 Å². The fourth-order valence-corrected chi connectivity index (χ4v) is 1.97. The molecule has 1 fully saturated rings. The van der Waals surface area contributed by atoms with E-state index in [0.717, 1.165) is 6.42 Å². The molecule has 1 aromatic carbocycles. The van der Waals surface area contributed by atoms with Gasteiger partial charge in [-0.2, -0.15) is 0 Å². The summed E-state index contributed by atoms with van der Waals surface area (Å²) in [5.74, 6) is -0.900. The third-order valence-corrected chi connectivity index (χ3v) is 3.45. The Bertz CT molecular complexity index is 525. The summed E-state index contributed by atoms with van der Waals surface area (Å²) in [5.41, 5.74) is -0.702. The Morgan fingerprint density at radius 1 is 1.33 bits per heavy atom. The molecule has 0 unspecified atom stereocenters. The highest BCUT2D eigenvalue weighted by Gasteiger charge is 2.57. The molecule has 1 aromatic rings. The number of carbonyl (C=O) groups is 2. The number of carboxylic acid groups (broad SMARTS) is 1. The van der Waals surface area contributed by atoms with Gasteiger partial charge in [-0.05, 0) is 25.0 Å². The molecule has 2 N–H and O–H groups in total. The number of nitrogens with one attached hydrogen (secondary N) is 1. The first-order valence-electron chi connectivity index (χ1n) is 6.85. The van der Waals surface area contributed by atoms with Crippen LogP contribution in [0.5, 0.6) is 5.75 Å². The van der Waals surface area contributed by atoms with Crippen molar-refractivity contribution in [3.05, 3.63) is 24.3 Å². The van der Waals surface area contributed by atoms with E-state index in [9.17, 15) is 9.59 Å². The first kappa shape index (κ1) is 15.3. The second-order valence-electron chi connectivity index (χ2n) is 5.06. The molecular weight excluding hydrogens is 274 g/mol. The maximum Gasteiger partial charge on any atom is 0.319 e. The highest BCUT2D eigenvalue weighted by Crippen LogP contribution is 2.46. The summed E-state index contributed by atoms with van der Waals surface area (Å²) >= 11 is 0. The van der Waals surface area contributed by atoms with Crippen molar-refractivity contribution < 1.29 is 24.2 Å². The predicted octanol–water partition coefficient (Wildman–Crippen LogP) is 1.91. The molecule has 0 aliphatic heterocycles. The lowest BCUT2D eigenvalue weighted by Gasteiger charge is -2.12. The first-order valence-corrected chi connectivity index (χ1v) is 6.85. The zero-order valence-electron chi connectivity index (χ0n) is 11.9. The zero-order valence-corrected chi connectivity index (χ0v) is 11.9. The van der Waals surface area contributed by atoms with Crippen molar-refractivity contribution in [2.24, 2.45) is 5.41 Å². The molecule has 21 heavy (non-hydrogen) atoms. The van der Waals surface area contributed by atoms with E-state index in [1.54, 1.807) is 31.4 Å². The molecule has 0 spiro atoms. The second-order valence-corrected chi connectivity index (χ2v) is 5.06. The minimum Gasteiger partial charge on any atom is -0.493 e. The number of amides is 1. The molecule has 2 rings (SSSR count). The average Bonchev–Trinajstić information content (AvgIpc) is 3.26. The molecule has 1 saturated carbocycles. The average molecular weight is 293 g/mol. The Kier molecular flexibility index (Phi) is 4.80. The highest BCUT2D eigenvalue weighted by molar-refractivity contribution is 6.10. The lowest BCUT2D eigenvalue weighted by molar-refractivity contribution is -0.147. The fourth-order valence-electron chi connectivity index (χ4n) is 1.97. The van der Waals surface area contributed by atoms with Crippen LogP contribution in [0.3, 0.4) is 0 Å². The summed E-state index contributed by atoms with van der Waals surface area (Å²) in [5, 5.41) is 11.7. The van der Waals surface area contributed by atoms with Crippen molar-refractivity contribution >= 4 is 17.6 Å². The van der Waals surface area contributed by atoms with Crippen LogP contribution in [0.15, 0.2) is 24.3 Å². The number of carboxylic acids is 1. The SMILES string of the molecule is COCCCOc1cccc(NC(=O)C2(C(=O)O)CC2)c1. The van der Waals surface area contributed by atoms with E-state index >= 15 is 0 Å². The lowest BCUT2D eigenvalue weighted by Crippen LogP contribution is -2.31. The molecule has 0 radical (unpaired) electrons. The van der Waals surface area contributed by atoms with Gasteiger partial charge >= 0.3 is 5.97 Å². The van der Waals surface area contributed by atoms with Crippen LogP contribution >= 0.6 is 0 Å². The summed E-state index contributed by atoms with van der Waals surface area (Å²) in [7, 11) is 1.63. The van der Waals surface area contributed by atoms with Gasteiger partial charge in [-0.15, -0.1) is 0 Å². The maximum atomic E-state index is 12.0. The van der Waals surface area contributed by atoms with Crippen LogP contribution in [0.2, 0.25) is 0 Å². The monoisotopic (exact) mass is 293 g/mol. The Morgan fingerprint density at radius 3 is 2.71 bits per heavy atom. The Morgan fingerprint density at radius 2 is 2.10 bits per heavy atom. The van der Waals surface area contributed by atoms with Gasteiger partial charge in [0.15, 0.2) is 0 Å². The molecule has 0 bridgehead atoms. The smallest absolute Gasteiger partial charge is 0.319 e. The zero-order chi connectivity index (χ0) is 15.3. The second kappa shape index (κ2) is 6.58. The molecule has 0 heterocycles. The number of hydrogen-bond acceptors (Lipinski definition) is 4. The van der Waals surface area contributed by atoms with Crippen molar-refractivity contribution in [1.29, 1.82) is 0 Å². The van der Waals surface area contributed by atoms with E-state index in [1.807, 2.05) is 0 Å². The molecule has 6 heteroatoms. The largest absolute Gasteiger partial charge is 0.493 e. The summed E-state index contributed by atoms with van der Waals surface area (Å²) in [6, 6.07) is 6.93. The third-order valence-electron chi connectivity index (χ3n) is 3.45. The number of methoxy groups -OCH3 is 1. The number of benzene rings is 1. The quantitative estimate of drug-likeness (QED) is 0.565. The van der Waals surface area contributed by atoms with Crippen LogP contribution in [0.1, 0.15) is 19.3 Å². The number of carbonyl (C=O) groups excluding carboxylic acids is 1. The summed E-state index contributed by atoms with van der Waals surface area (Å²) < 4.78 is 10.5. The minimum absolute atomic E-state index is 0.390.